The molecule has 2 N–H and O–H groups in total. The van der Waals surface area contributed by atoms with E-state index < -0.39 is 10.2 Å². The summed E-state index contributed by atoms with van der Waals surface area (Å²) in [5.74, 6) is 0. The fourth-order valence-corrected chi connectivity index (χ4v) is 0. The molecule has 10 heavy (non-hydrogen) atoms. The van der Waals surface area contributed by atoms with Crippen molar-refractivity contribution in [1.82, 2.24) is 0 Å². The number of hydrogen-bond donors (Lipinski definition) is 2. The van der Waals surface area contributed by atoms with Crippen LogP contribution >= 0.6 is 0 Å². The third-order valence-corrected chi connectivity index (χ3v) is 0. The Hall–Kier alpha value is 0.270. The average molecular weight is 527 g/mol. The second kappa shape index (κ2) is 16.1. The van der Waals surface area contributed by atoms with E-state index in [1.807, 2.05) is 0 Å². The van der Waals surface area contributed by atoms with Gasteiger partial charge in [0.15, 0.2) is 0 Å². The normalized spacial score (nSPS) is 4.80. The molecule has 0 aliphatic heterocycles. The van der Waals surface area contributed by atoms with Crippen molar-refractivity contribution >= 4 is 0 Å². The Balaban J connectivity index is -0.0000000300. The Bertz CT molecular complexity index is 71.7. The monoisotopic (exact) mass is 530 g/mol. The fraction of sp³-hybridized carbons (Fsp3) is 0. The van der Waals surface area contributed by atoms with Gasteiger partial charge >= 0.3 is 0 Å². The number of rotatable bonds is 0. The molecule has 0 aliphatic carbocycles. The van der Waals surface area contributed by atoms with Crippen molar-refractivity contribution in [3.63, 3.8) is 0 Å². The summed E-state index contributed by atoms with van der Waals surface area (Å²) in [6, 6.07) is 0. The number of hydrogen-bond acceptors (Lipinski definition) is 4. The summed E-state index contributed by atoms with van der Waals surface area (Å²) in [4.78, 5) is 16.7. The minimum absolute atomic E-state index is 0. The Morgan fingerprint density at radius 2 is 0.900 bits per heavy atom. The Labute approximate surface area is 95.4 Å². The van der Waals surface area contributed by atoms with Gasteiger partial charge in [-0.05, 0) is 0 Å². The largest absolute Gasteiger partial charge is 0.328 e. The van der Waals surface area contributed by atoms with Gasteiger partial charge in [0.2, 0.25) is 0 Å². The van der Waals surface area contributed by atoms with E-state index >= 15 is 0 Å². The quantitative estimate of drug-likeness (QED) is 0.244. The average Bonchev–Trinajstić information content (AvgIpc) is 1.25. The van der Waals surface area contributed by atoms with Gasteiger partial charge in [0, 0.05) is 55.3 Å². The van der Waals surface area contributed by atoms with Crippen LogP contribution in [0.2, 0.25) is 0 Å². The van der Waals surface area contributed by atoms with Crippen LogP contribution in [-0.4, -0.2) is 20.6 Å². The second-order valence-electron chi connectivity index (χ2n) is 0.476. The van der Waals surface area contributed by atoms with Crippen molar-refractivity contribution in [1.29, 1.82) is 0 Å². The van der Waals surface area contributed by atoms with Gasteiger partial charge in [-0.2, -0.15) is 0 Å². The third-order valence-electron chi connectivity index (χ3n) is 0. The van der Waals surface area contributed by atoms with Gasteiger partial charge in [-0.1, -0.05) is 0 Å². The Kier molecular flexibility index (Phi) is 36.2. The SMILES string of the molecule is O=[N+]([O-])O.O=[N+]([O-])O.[Hg].[Hg]. The molecule has 0 aromatic carbocycles. The maximum atomic E-state index is 8.36. The first kappa shape index (κ1) is 22.4. The van der Waals surface area contributed by atoms with Crippen LogP contribution in [0.4, 0.5) is 0 Å². The second-order valence-corrected chi connectivity index (χ2v) is 0.476. The van der Waals surface area contributed by atoms with Gasteiger partial charge in [-0.25, -0.2) is 0 Å². The molecule has 0 saturated carbocycles. The molecule has 10 heteroatoms. The van der Waals surface area contributed by atoms with E-state index in [1.165, 1.54) is 0 Å². The third kappa shape index (κ3) is 5990. The molecule has 0 aliphatic rings. The molecule has 0 rings (SSSR count). The van der Waals surface area contributed by atoms with Crippen molar-refractivity contribution in [2.75, 3.05) is 0 Å². The van der Waals surface area contributed by atoms with E-state index in [2.05, 4.69) is 0 Å². The zero-order valence-electron chi connectivity index (χ0n) is 4.84. The fourth-order valence-electron chi connectivity index (χ4n) is 0. The van der Waals surface area contributed by atoms with E-state index in [9.17, 15) is 0 Å². The van der Waals surface area contributed by atoms with E-state index in [1.54, 1.807) is 0 Å². The van der Waals surface area contributed by atoms with Crippen LogP contribution in [0.25, 0.3) is 0 Å². The molecule has 8 nitrogen and oxygen atoms in total. The minimum Gasteiger partial charge on any atom is -0.328 e. The van der Waals surface area contributed by atoms with Gasteiger partial charge in [0.25, 0.3) is 10.2 Å². The van der Waals surface area contributed by atoms with Gasteiger partial charge in [0.05, 0.1) is 0 Å². The first-order valence-electron chi connectivity index (χ1n) is 1.13. The van der Waals surface area contributed by atoms with Crippen LogP contribution in [0.1, 0.15) is 0 Å². The molecular weight excluding hydrogens is 525 g/mol. The van der Waals surface area contributed by atoms with E-state index in [-0.39, 0.29) is 55.3 Å². The molecule has 0 heterocycles. The van der Waals surface area contributed by atoms with Crippen LogP contribution < -0.4 is 0 Å². The Morgan fingerprint density at radius 3 is 0.900 bits per heavy atom. The van der Waals surface area contributed by atoms with Crippen LogP contribution in [0.15, 0.2) is 0 Å². The van der Waals surface area contributed by atoms with Crippen molar-refractivity contribution in [3.05, 3.63) is 20.2 Å². The molecule has 0 radical (unpaired) electrons. The summed E-state index contributed by atoms with van der Waals surface area (Å²) in [5, 5.41) is 27.3. The summed E-state index contributed by atoms with van der Waals surface area (Å²) >= 11 is 0. The predicted octanol–water partition coefficient (Wildman–Crippen LogP) is -0.700. The van der Waals surface area contributed by atoms with Crippen LogP contribution in [0, 0.1) is 20.2 Å². The molecule has 0 atom stereocenters. The molecule has 0 aromatic rings. The standard InChI is InChI=1S/2Hg.2HNO3/c;;2*2-1(3)4/h;;2*(H,2,3,4). The van der Waals surface area contributed by atoms with E-state index in [0.717, 1.165) is 0 Å². The van der Waals surface area contributed by atoms with E-state index in [0.29, 0.717) is 0 Å². The topological polar surface area (TPSA) is 127 Å². The summed E-state index contributed by atoms with van der Waals surface area (Å²) in [7, 11) is 0. The molecule has 52 valence electrons. The molecule has 0 amide bonds. The van der Waals surface area contributed by atoms with Crippen molar-refractivity contribution in [2.45, 2.75) is 0 Å². The molecular formula is H2Hg2N2O6. The molecule has 0 aromatic heterocycles. The minimum atomic E-state index is -1.50. The first-order valence-corrected chi connectivity index (χ1v) is 1.13. The predicted molar refractivity (Wildman–Crippen MR) is 17.6 cm³/mol. The van der Waals surface area contributed by atoms with Crippen LogP contribution in [-0.2, 0) is 55.3 Å². The molecule has 0 unspecified atom stereocenters. The zero-order valence-corrected chi connectivity index (χ0v) is 15.8. The van der Waals surface area contributed by atoms with Gasteiger partial charge < -0.3 is 10.4 Å². The van der Waals surface area contributed by atoms with Crippen molar-refractivity contribution < 1.29 is 75.9 Å². The summed E-state index contributed by atoms with van der Waals surface area (Å²) in [6.07, 6.45) is 0. The summed E-state index contributed by atoms with van der Waals surface area (Å²) in [5.41, 5.74) is 0. The van der Waals surface area contributed by atoms with Gasteiger partial charge in [-0.3, -0.25) is 0 Å². The molecule has 0 bridgehead atoms. The smallest absolute Gasteiger partial charge is 0.291 e. The molecule has 0 spiro atoms. The molecule has 0 saturated heterocycles. The van der Waals surface area contributed by atoms with Crippen molar-refractivity contribution in [2.24, 2.45) is 0 Å². The summed E-state index contributed by atoms with van der Waals surface area (Å²) in [6.45, 7) is 0. The van der Waals surface area contributed by atoms with E-state index in [4.69, 9.17) is 30.6 Å². The van der Waals surface area contributed by atoms with Crippen molar-refractivity contribution in [3.8, 4) is 0 Å². The first-order chi connectivity index (χ1) is 3.46. The van der Waals surface area contributed by atoms with Crippen LogP contribution in [0.5, 0.6) is 0 Å². The van der Waals surface area contributed by atoms with Crippen LogP contribution in [0.3, 0.4) is 0 Å². The zero-order chi connectivity index (χ0) is 7.15. The maximum absolute atomic E-state index is 8.36. The van der Waals surface area contributed by atoms with Gasteiger partial charge in [0.1, 0.15) is 0 Å². The van der Waals surface area contributed by atoms with Gasteiger partial charge in [-0.15, -0.1) is 20.2 Å². The molecule has 0 fully saturated rings. The summed E-state index contributed by atoms with van der Waals surface area (Å²) < 4.78 is 0. The maximum Gasteiger partial charge on any atom is 0.291 e. The number of nitrogens with zero attached hydrogens (tertiary/aromatic N) is 2. The Morgan fingerprint density at radius 1 is 0.900 bits per heavy atom.